The Morgan fingerprint density at radius 2 is 2.25 bits per heavy atom. The lowest BCUT2D eigenvalue weighted by Gasteiger charge is -2.24. The topological polar surface area (TPSA) is 47.0 Å². The fourth-order valence-corrected chi connectivity index (χ4v) is 2.85. The van der Waals surface area contributed by atoms with Crippen LogP contribution in [0.2, 0.25) is 0 Å². The van der Waals surface area contributed by atoms with E-state index >= 15 is 0 Å². The Kier molecular flexibility index (Phi) is 4.63. The van der Waals surface area contributed by atoms with Gasteiger partial charge in [-0.2, -0.15) is 0 Å². The van der Waals surface area contributed by atoms with Crippen molar-refractivity contribution in [3.63, 3.8) is 0 Å². The molecular formula is C16H25N3O. The highest BCUT2D eigenvalue weighted by Crippen LogP contribution is 2.25. The number of aromatic nitrogens is 2. The summed E-state index contributed by atoms with van der Waals surface area (Å²) in [4.78, 5) is 9.21. The molecule has 0 aromatic carbocycles. The van der Waals surface area contributed by atoms with Crippen molar-refractivity contribution in [1.29, 1.82) is 0 Å². The molecule has 110 valence electrons. The highest BCUT2D eigenvalue weighted by atomic mass is 16.5. The van der Waals surface area contributed by atoms with Gasteiger partial charge < -0.3 is 10.1 Å². The molecule has 3 rings (SSSR count). The monoisotopic (exact) mass is 275 g/mol. The van der Waals surface area contributed by atoms with Crippen LogP contribution in [-0.4, -0.2) is 35.8 Å². The number of rotatable bonds is 7. The highest BCUT2D eigenvalue weighted by Gasteiger charge is 2.24. The summed E-state index contributed by atoms with van der Waals surface area (Å²) in [7, 11) is 0. The first-order valence-electron chi connectivity index (χ1n) is 8.00. The molecule has 1 unspecified atom stereocenters. The summed E-state index contributed by atoms with van der Waals surface area (Å²) in [6, 6.07) is 0.814. The van der Waals surface area contributed by atoms with E-state index in [1.165, 1.54) is 30.5 Å². The minimum absolute atomic E-state index is 0.725. The van der Waals surface area contributed by atoms with Crippen LogP contribution in [0.1, 0.15) is 43.3 Å². The summed E-state index contributed by atoms with van der Waals surface area (Å²) in [5, 5.41) is 3.65. The third kappa shape index (κ3) is 3.76. The average molecular weight is 275 g/mol. The highest BCUT2D eigenvalue weighted by molar-refractivity contribution is 5.21. The maximum atomic E-state index is 5.37. The molecule has 1 aromatic rings. The predicted octanol–water partition coefficient (Wildman–Crippen LogP) is 1.91. The normalized spacial score (nSPS) is 21.8. The van der Waals surface area contributed by atoms with Gasteiger partial charge in [0.1, 0.15) is 5.82 Å². The van der Waals surface area contributed by atoms with Crippen molar-refractivity contribution in [2.45, 2.75) is 51.5 Å². The third-order valence-electron chi connectivity index (χ3n) is 4.25. The van der Waals surface area contributed by atoms with E-state index in [1.807, 2.05) is 13.1 Å². The fourth-order valence-electron chi connectivity index (χ4n) is 2.85. The zero-order valence-electron chi connectivity index (χ0n) is 12.4. The molecule has 0 amide bonds. The molecule has 0 saturated heterocycles. The predicted molar refractivity (Wildman–Crippen MR) is 78.8 cm³/mol. The molecule has 1 heterocycles. The van der Waals surface area contributed by atoms with Crippen molar-refractivity contribution < 1.29 is 4.74 Å². The standard InChI is InChI=1S/C16H25N3O/c1-2-20-8-7-16-18-11-13-9-12(3-6-15(13)19-16)10-17-14-4-5-14/h11-12,14,17H,2-10H2,1H3. The molecule has 1 aromatic heterocycles. The molecule has 0 spiro atoms. The molecular weight excluding hydrogens is 250 g/mol. The van der Waals surface area contributed by atoms with E-state index in [0.29, 0.717) is 0 Å². The van der Waals surface area contributed by atoms with Crippen molar-refractivity contribution in [2.75, 3.05) is 19.8 Å². The Morgan fingerprint density at radius 1 is 1.35 bits per heavy atom. The van der Waals surface area contributed by atoms with E-state index in [2.05, 4.69) is 10.3 Å². The van der Waals surface area contributed by atoms with Crippen LogP contribution < -0.4 is 5.32 Å². The van der Waals surface area contributed by atoms with Gasteiger partial charge in [-0.1, -0.05) is 0 Å². The van der Waals surface area contributed by atoms with E-state index < -0.39 is 0 Å². The quantitative estimate of drug-likeness (QED) is 0.772. The smallest absolute Gasteiger partial charge is 0.130 e. The lowest BCUT2D eigenvalue weighted by atomic mass is 9.87. The van der Waals surface area contributed by atoms with Gasteiger partial charge in [-0.3, -0.25) is 0 Å². The Morgan fingerprint density at radius 3 is 3.05 bits per heavy atom. The SMILES string of the molecule is CCOCCc1ncc2c(n1)CCC(CNC1CC1)C2. The second kappa shape index (κ2) is 6.64. The van der Waals surface area contributed by atoms with Gasteiger partial charge in [-0.25, -0.2) is 9.97 Å². The number of aryl methyl sites for hydroxylation is 1. The maximum absolute atomic E-state index is 5.37. The summed E-state index contributed by atoms with van der Waals surface area (Å²) in [6.07, 6.45) is 9.12. The third-order valence-corrected chi connectivity index (χ3v) is 4.25. The van der Waals surface area contributed by atoms with Crippen molar-refractivity contribution >= 4 is 0 Å². The van der Waals surface area contributed by atoms with Crippen molar-refractivity contribution in [3.05, 3.63) is 23.3 Å². The van der Waals surface area contributed by atoms with Crippen LogP contribution in [0.3, 0.4) is 0 Å². The van der Waals surface area contributed by atoms with Crippen LogP contribution >= 0.6 is 0 Å². The minimum Gasteiger partial charge on any atom is -0.381 e. The van der Waals surface area contributed by atoms with Crippen LogP contribution in [0.4, 0.5) is 0 Å². The minimum atomic E-state index is 0.725. The van der Waals surface area contributed by atoms with Crippen molar-refractivity contribution in [3.8, 4) is 0 Å². The largest absolute Gasteiger partial charge is 0.381 e. The number of hydrogen-bond acceptors (Lipinski definition) is 4. The number of hydrogen-bond donors (Lipinski definition) is 1. The second-order valence-electron chi connectivity index (χ2n) is 6.00. The van der Waals surface area contributed by atoms with Crippen LogP contribution in [0.15, 0.2) is 6.20 Å². The average Bonchev–Trinajstić information content (AvgIpc) is 3.29. The van der Waals surface area contributed by atoms with Gasteiger partial charge in [-0.15, -0.1) is 0 Å². The van der Waals surface area contributed by atoms with Gasteiger partial charge >= 0.3 is 0 Å². The number of nitrogens with one attached hydrogen (secondary N) is 1. The molecule has 2 aliphatic carbocycles. The summed E-state index contributed by atoms with van der Waals surface area (Å²) in [6.45, 7) is 4.67. The van der Waals surface area contributed by atoms with Gasteiger partial charge in [0.05, 0.1) is 6.61 Å². The molecule has 0 radical (unpaired) electrons. The Hall–Kier alpha value is -1.00. The van der Waals surface area contributed by atoms with E-state index in [4.69, 9.17) is 9.72 Å². The van der Waals surface area contributed by atoms with E-state index in [1.54, 1.807) is 0 Å². The molecule has 4 nitrogen and oxygen atoms in total. The number of ether oxygens (including phenoxy) is 1. The molecule has 1 fully saturated rings. The summed E-state index contributed by atoms with van der Waals surface area (Å²) >= 11 is 0. The Bertz CT molecular complexity index is 445. The van der Waals surface area contributed by atoms with Gasteiger partial charge in [0.25, 0.3) is 0 Å². The van der Waals surface area contributed by atoms with E-state index in [-0.39, 0.29) is 0 Å². The molecule has 1 N–H and O–H groups in total. The van der Waals surface area contributed by atoms with Crippen LogP contribution in [0.5, 0.6) is 0 Å². The van der Waals surface area contributed by atoms with Gasteiger partial charge in [0, 0.05) is 31.0 Å². The lowest BCUT2D eigenvalue weighted by Crippen LogP contribution is -2.29. The fraction of sp³-hybridized carbons (Fsp3) is 0.750. The molecule has 0 bridgehead atoms. The molecule has 20 heavy (non-hydrogen) atoms. The maximum Gasteiger partial charge on any atom is 0.130 e. The summed E-state index contributed by atoms with van der Waals surface area (Å²) in [5.74, 6) is 1.70. The van der Waals surface area contributed by atoms with E-state index in [9.17, 15) is 0 Å². The summed E-state index contributed by atoms with van der Waals surface area (Å²) < 4.78 is 5.37. The first-order valence-corrected chi connectivity index (χ1v) is 8.00. The molecule has 4 heteroatoms. The first-order chi connectivity index (χ1) is 9.85. The summed E-state index contributed by atoms with van der Waals surface area (Å²) in [5.41, 5.74) is 2.63. The van der Waals surface area contributed by atoms with Crippen molar-refractivity contribution in [1.82, 2.24) is 15.3 Å². The molecule has 2 aliphatic rings. The number of fused-ring (bicyclic) bond motifs is 1. The van der Waals surface area contributed by atoms with Crippen LogP contribution in [0, 0.1) is 5.92 Å². The zero-order chi connectivity index (χ0) is 13.8. The van der Waals surface area contributed by atoms with Gasteiger partial charge in [0.2, 0.25) is 0 Å². The molecule has 1 atom stereocenters. The first kappa shape index (κ1) is 14.0. The number of nitrogens with zero attached hydrogens (tertiary/aromatic N) is 2. The van der Waals surface area contributed by atoms with Gasteiger partial charge in [-0.05, 0) is 57.1 Å². The van der Waals surface area contributed by atoms with Crippen molar-refractivity contribution in [2.24, 2.45) is 5.92 Å². The van der Waals surface area contributed by atoms with Gasteiger partial charge in [0.15, 0.2) is 0 Å². The van der Waals surface area contributed by atoms with Crippen LogP contribution in [-0.2, 0) is 24.0 Å². The lowest BCUT2D eigenvalue weighted by molar-refractivity contribution is 0.149. The molecule has 1 saturated carbocycles. The second-order valence-corrected chi connectivity index (χ2v) is 6.00. The molecule has 0 aliphatic heterocycles. The Balaban J connectivity index is 1.53. The van der Waals surface area contributed by atoms with E-state index in [0.717, 1.165) is 56.8 Å². The Labute approximate surface area is 121 Å². The van der Waals surface area contributed by atoms with Crippen LogP contribution in [0.25, 0.3) is 0 Å². The zero-order valence-corrected chi connectivity index (χ0v) is 12.4.